The summed E-state index contributed by atoms with van der Waals surface area (Å²) in [5.41, 5.74) is 0. The maximum atomic E-state index is 11.6. The van der Waals surface area contributed by atoms with Crippen LogP contribution in [0.2, 0.25) is 0 Å². The molecule has 11 nitrogen and oxygen atoms in total. The van der Waals surface area contributed by atoms with E-state index in [9.17, 15) is 21.6 Å². The first-order valence-electron chi connectivity index (χ1n) is 6.99. The highest BCUT2D eigenvalue weighted by Crippen LogP contribution is 2.31. The van der Waals surface area contributed by atoms with Crippen LogP contribution < -0.4 is 0 Å². The van der Waals surface area contributed by atoms with Crippen LogP contribution in [0.5, 0.6) is 0 Å². The molecule has 0 N–H and O–H groups in total. The van der Waals surface area contributed by atoms with Crippen LogP contribution in [0.15, 0.2) is 0 Å². The molecule has 1 fully saturated rings. The Morgan fingerprint density at radius 1 is 1.04 bits per heavy atom. The molecule has 0 aromatic heterocycles. The van der Waals surface area contributed by atoms with Crippen molar-refractivity contribution in [3.63, 3.8) is 0 Å². The lowest BCUT2D eigenvalue weighted by molar-refractivity contribution is -0.190. The largest absolute Gasteiger partial charge is 0.457 e. The Bertz CT molecular complexity index is 653. The topological polar surface area (TPSA) is 141 Å². The first-order chi connectivity index (χ1) is 11.4. The fourth-order valence-electron chi connectivity index (χ4n) is 2.31. The number of methoxy groups -OCH3 is 2. The van der Waals surface area contributed by atoms with Gasteiger partial charge in [0, 0.05) is 21.1 Å². The van der Waals surface area contributed by atoms with Crippen LogP contribution in [-0.4, -0.2) is 86.8 Å². The van der Waals surface area contributed by atoms with Gasteiger partial charge in [0.05, 0.1) is 19.1 Å². The number of hydrogen-bond donors (Lipinski definition) is 0. The number of ether oxygens (including phenoxy) is 4. The van der Waals surface area contributed by atoms with Crippen molar-refractivity contribution in [3.05, 3.63) is 0 Å². The van der Waals surface area contributed by atoms with E-state index < -0.39 is 63.5 Å². The molecule has 1 saturated heterocycles. The Morgan fingerprint density at radius 2 is 1.60 bits per heavy atom. The third-order valence-corrected chi connectivity index (χ3v) is 4.25. The van der Waals surface area contributed by atoms with Crippen molar-refractivity contribution in [2.24, 2.45) is 0 Å². The number of carbonyl (C=O) groups is 1. The molecule has 1 rings (SSSR count). The minimum absolute atomic E-state index is 0.517. The summed E-state index contributed by atoms with van der Waals surface area (Å²) in [6, 6.07) is 0. The Labute approximate surface area is 146 Å². The Morgan fingerprint density at radius 3 is 2.00 bits per heavy atom. The Kier molecular flexibility index (Phi) is 7.73. The van der Waals surface area contributed by atoms with E-state index in [1.54, 1.807) is 0 Å². The minimum atomic E-state index is -3.97. The van der Waals surface area contributed by atoms with Crippen LogP contribution >= 0.6 is 0 Å². The highest BCUT2D eigenvalue weighted by atomic mass is 32.2. The van der Waals surface area contributed by atoms with Gasteiger partial charge in [0.2, 0.25) is 0 Å². The zero-order valence-corrected chi connectivity index (χ0v) is 16.0. The summed E-state index contributed by atoms with van der Waals surface area (Å²) in [4.78, 5) is 11.4. The van der Waals surface area contributed by atoms with Gasteiger partial charge in [0.25, 0.3) is 20.2 Å². The monoisotopic (exact) mass is 406 g/mol. The van der Waals surface area contributed by atoms with Gasteiger partial charge in [0.1, 0.15) is 18.3 Å². The Hall–Kier alpha value is -0.830. The number of carbonyl (C=O) groups excluding carboxylic acids is 1. The van der Waals surface area contributed by atoms with Gasteiger partial charge < -0.3 is 18.9 Å². The second-order valence-corrected chi connectivity index (χ2v) is 8.55. The minimum Gasteiger partial charge on any atom is -0.457 e. The molecule has 1 aliphatic heterocycles. The zero-order chi connectivity index (χ0) is 19.4. The van der Waals surface area contributed by atoms with Crippen LogP contribution in [0.4, 0.5) is 0 Å². The van der Waals surface area contributed by atoms with E-state index in [1.807, 2.05) is 0 Å². The van der Waals surface area contributed by atoms with Crippen LogP contribution in [-0.2, 0) is 52.3 Å². The van der Waals surface area contributed by atoms with Crippen LogP contribution in [0.1, 0.15) is 6.92 Å². The molecule has 0 aromatic carbocycles. The first kappa shape index (κ1) is 22.2. The molecule has 1 aliphatic rings. The lowest BCUT2D eigenvalue weighted by atomic mass is 10.1. The van der Waals surface area contributed by atoms with Crippen LogP contribution in [0.25, 0.3) is 0 Å². The highest BCUT2D eigenvalue weighted by molar-refractivity contribution is 7.86. The summed E-state index contributed by atoms with van der Waals surface area (Å²) in [6.07, 6.45) is -4.25. The van der Waals surface area contributed by atoms with E-state index in [0.717, 1.165) is 19.4 Å². The molecular formula is C12H22O11S2. The molecule has 0 saturated carbocycles. The van der Waals surface area contributed by atoms with Gasteiger partial charge in [-0.1, -0.05) is 0 Å². The molecule has 0 unspecified atom stereocenters. The van der Waals surface area contributed by atoms with Crippen LogP contribution in [0.3, 0.4) is 0 Å². The third-order valence-electron chi connectivity index (χ3n) is 3.11. The number of esters is 1. The molecule has 0 bridgehead atoms. The van der Waals surface area contributed by atoms with Crippen molar-refractivity contribution < 1.29 is 48.9 Å². The fraction of sp³-hybridized carbons (Fsp3) is 0.917. The van der Waals surface area contributed by atoms with E-state index in [0.29, 0.717) is 0 Å². The average Bonchev–Trinajstić information content (AvgIpc) is 2.74. The van der Waals surface area contributed by atoms with Crippen molar-refractivity contribution in [2.45, 2.75) is 37.6 Å². The SMILES string of the molecule is COC(OC)[C@@H]1O[C@@H](COS(C)(=O)=O)[C@@H](OC(C)=O)[C@@H]1OS(C)(=O)=O. The quantitative estimate of drug-likeness (QED) is 0.254. The van der Waals surface area contributed by atoms with E-state index in [1.165, 1.54) is 14.2 Å². The van der Waals surface area contributed by atoms with Gasteiger partial charge in [-0.3, -0.25) is 13.2 Å². The fourth-order valence-corrected chi connectivity index (χ4v) is 3.31. The molecular weight excluding hydrogens is 384 g/mol. The summed E-state index contributed by atoms with van der Waals surface area (Å²) in [5.74, 6) is -0.743. The van der Waals surface area contributed by atoms with Crippen LogP contribution in [0, 0.1) is 0 Å². The zero-order valence-electron chi connectivity index (χ0n) is 14.4. The normalized spacial score (nSPS) is 27.6. The lowest BCUT2D eigenvalue weighted by Gasteiger charge is -2.26. The van der Waals surface area contributed by atoms with E-state index in [-0.39, 0.29) is 0 Å². The van der Waals surface area contributed by atoms with E-state index in [4.69, 9.17) is 23.1 Å². The lowest BCUT2D eigenvalue weighted by Crippen LogP contribution is -2.45. The smallest absolute Gasteiger partial charge is 0.303 e. The predicted molar refractivity (Wildman–Crippen MR) is 82.5 cm³/mol. The molecule has 148 valence electrons. The maximum absolute atomic E-state index is 11.6. The standard InChI is InChI=1S/C12H22O11S2/c1-7(13)21-9-8(6-20-24(4,14)15)22-11(12(18-2)19-3)10(9)23-25(5,16)17/h8-12H,6H2,1-5H3/t8-,9+,10-,11+/m0/s1. The van der Waals surface area contributed by atoms with Gasteiger partial charge >= 0.3 is 5.97 Å². The van der Waals surface area contributed by atoms with E-state index in [2.05, 4.69) is 4.18 Å². The molecule has 0 radical (unpaired) electrons. The van der Waals surface area contributed by atoms with Gasteiger partial charge in [-0.05, 0) is 0 Å². The Balaban J connectivity index is 3.17. The van der Waals surface area contributed by atoms with Crippen molar-refractivity contribution in [1.29, 1.82) is 0 Å². The van der Waals surface area contributed by atoms with Gasteiger partial charge in [0.15, 0.2) is 12.4 Å². The number of rotatable bonds is 9. The average molecular weight is 406 g/mol. The van der Waals surface area contributed by atoms with Gasteiger partial charge in [-0.2, -0.15) is 16.8 Å². The summed E-state index contributed by atoms with van der Waals surface area (Å²) in [6.45, 7) is 0.584. The summed E-state index contributed by atoms with van der Waals surface area (Å²) >= 11 is 0. The summed E-state index contributed by atoms with van der Waals surface area (Å²) in [7, 11) is -5.20. The molecule has 25 heavy (non-hydrogen) atoms. The molecule has 1 heterocycles. The first-order valence-corrected chi connectivity index (χ1v) is 10.6. The van der Waals surface area contributed by atoms with Crippen molar-refractivity contribution in [3.8, 4) is 0 Å². The second-order valence-electron chi connectivity index (χ2n) is 5.31. The molecule has 0 aliphatic carbocycles. The van der Waals surface area contributed by atoms with Crippen molar-refractivity contribution >= 4 is 26.2 Å². The number of hydrogen-bond acceptors (Lipinski definition) is 11. The highest BCUT2D eigenvalue weighted by Gasteiger charge is 2.53. The second kappa shape index (κ2) is 8.70. The summed E-state index contributed by atoms with van der Waals surface area (Å²) in [5, 5.41) is 0. The van der Waals surface area contributed by atoms with Gasteiger partial charge in [-0.25, -0.2) is 0 Å². The summed E-state index contributed by atoms with van der Waals surface area (Å²) < 4.78 is 75.9. The van der Waals surface area contributed by atoms with E-state index >= 15 is 0 Å². The van der Waals surface area contributed by atoms with Crippen molar-refractivity contribution in [1.82, 2.24) is 0 Å². The molecule has 4 atom stereocenters. The third kappa shape index (κ3) is 7.13. The molecule has 0 amide bonds. The molecule has 13 heteroatoms. The maximum Gasteiger partial charge on any atom is 0.303 e. The predicted octanol–water partition coefficient (Wildman–Crippen LogP) is -1.37. The van der Waals surface area contributed by atoms with Crippen molar-refractivity contribution in [2.75, 3.05) is 33.3 Å². The molecule has 0 spiro atoms. The van der Waals surface area contributed by atoms with Gasteiger partial charge in [-0.15, -0.1) is 0 Å². The molecule has 0 aromatic rings.